The van der Waals surface area contributed by atoms with Crippen molar-refractivity contribution in [1.29, 1.82) is 0 Å². The van der Waals surface area contributed by atoms with Gasteiger partial charge in [-0.1, -0.05) is 31.0 Å². The Balaban J connectivity index is 2.42. The minimum Gasteiger partial charge on any atom is -0.357 e. The van der Waals surface area contributed by atoms with Gasteiger partial charge in [0, 0.05) is 36.8 Å². The number of aliphatic imine (C=N–C) groups is 1. The number of carbonyl (C=O) groups is 1. The molecular weight excluding hydrogens is 312 g/mol. The molecular formula is C17H27ClN4O. The molecule has 0 aromatic heterocycles. The average Bonchev–Trinajstić information content (AvgIpc) is 2.52. The van der Waals surface area contributed by atoms with Gasteiger partial charge < -0.3 is 16.0 Å². The Morgan fingerprint density at radius 2 is 2.04 bits per heavy atom. The summed E-state index contributed by atoms with van der Waals surface area (Å²) in [6, 6.07) is 5.49. The predicted molar refractivity (Wildman–Crippen MR) is 98.3 cm³/mol. The van der Waals surface area contributed by atoms with Crippen molar-refractivity contribution in [1.82, 2.24) is 10.6 Å². The molecule has 0 aliphatic rings. The van der Waals surface area contributed by atoms with Crippen LogP contribution in [0.1, 0.15) is 38.7 Å². The highest BCUT2D eigenvalue weighted by Gasteiger charge is 2.07. The van der Waals surface area contributed by atoms with Crippen LogP contribution in [0, 0.1) is 6.92 Å². The van der Waals surface area contributed by atoms with Crippen molar-refractivity contribution in [2.75, 3.05) is 25.0 Å². The maximum absolute atomic E-state index is 12.0. The van der Waals surface area contributed by atoms with Crippen LogP contribution < -0.4 is 16.0 Å². The summed E-state index contributed by atoms with van der Waals surface area (Å²) < 4.78 is 0. The van der Waals surface area contributed by atoms with Crippen LogP contribution >= 0.6 is 11.6 Å². The third-order valence-corrected chi connectivity index (χ3v) is 3.72. The Kier molecular flexibility index (Phi) is 9.14. The number of rotatable bonds is 8. The zero-order valence-electron chi connectivity index (χ0n) is 14.2. The lowest BCUT2D eigenvalue weighted by atomic mass is 10.2. The molecule has 0 unspecified atom stereocenters. The number of nitrogens with one attached hydrogen (secondary N) is 3. The Labute approximate surface area is 143 Å². The fourth-order valence-corrected chi connectivity index (χ4v) is 2.12. The van der Waals surface area contributed by atoms with E-state index < -0.39 is 0 Å². The summed E-state index contributed by atoms with van der Waals surface area (Å²) in [4.78, 5) is 16.5. The smallest absolute Gasteiger partial charge is 0.226 e. The highest BCUT2D eigenvalue weighted by atomic mass is 35.5. The Morgan fingerprint density at radius 3 is 2.74 bits per heavy atom. The normalized spacial score (nSPS) is 11.2. The number of carbonyl (C=O) groups excluding carboxylic acids is 1. The molecule has 3 N–H and O–H groups in total. The van der Waals surface area contributed by atoms with E-state index in [0.717, 1.165) is 43.1 Å². The van der Waals surface area contributed by atoms with Crippen LogP contribution in [-0.4, -0.2) is 31.5 Å². The number of unbranched alkanes of at least 4 members (excludes halogenated alkanes) is 1. The summed E-state index contributed by atoms with van der Waals surface area (Å²) in [6.07, 6.45) is 2.54. The second-order valence-corrected chi connectivity index (χ2v) is 5.66. The van der Waals surface area contributed by atoms with Crippen molar-refractivity contribution in [3.63, 3.8) is 0 Å². The van der Waals surface area contributed by atoms with Crippen molar-refractivity contribution in [2.45, 2.75) is 40.0 Å². The van der Waals surface area contributed by atoms with Gasteiger partial charge in [-0.15, -0.1) is 0 Å². The zero-order valence-corrected chi connectivity index (χ0v) is 15.0. The van der Waals surface area contributed by atoms with Crippen LogP contribution in [0.3, 0.4) is 0 Å². The minimum atomic E-state index is -0.0488. The summed E-state index contributed by atoms with van der Waals surface area (Å²) in [5.41, 5.74) is 1.64. The van der Waals surface area contributed by atoms with Crippen LogP contribution in [0.25, 0.3) is 0 Å². The number of benzene rings is 1. The Morgan fingerprint density at radius 1 is 1.26 bits per heavy atom. The lowest BCUT2D eigenvalue weighted by molar-refractivity contribution is -0.116. The molecule has 1 amide bonds. The lowest BCUT2D eigenvalue weighted by Crippen LogP contribution is -2.38. The van der Waals surface area contributed by atoms with E-state index in [-0.39, 0.29) is 5.91 Å². The molecule has 0 aliphatic carbocycles. The number of anilines is 1. The number of guanidine groups is 1. The number of nitrogens with zero attached hydrogens (tertiary/aromatic N) is 1. The fourth-order valence-electron chi connectivity index (χ4n) is 1.94. The van der Waals surface area contributed by atoms with Gasteiger partial charge in [0.1, 0.15) is 0 Å². The van der Waals surface area contributed by atoms with E-state index >= 15 is 0 Å². The SMILES string of the molecule is CCCCN=C(NCC)NCCC(=O)Nc1cccc(Cl)c1C. The molecule has 0 fully saturated rings. The first kappa shape index (κ1) is 19.3. The summed E-state index contributed by atoms with van der Waals surface area (Å²) >= 11 is 6.05. The van der Waals surface area contributed by atoms with Gasteiger partial charge in [0.25, 0.3) is 0 Å². The fraction of sp³-hybridized carbons (Fsp3) is 0.529. The third kappa shape index (κ3) is 7.37. The van der Waals surface area contributed by atoms with Crippen LogP contribution in [0.15, 0.2) is 23.2 Å². The molecule has 0 spiro atoms. The second kappa shape index (κ2) is 10.9. The molecule has 6 heteroatoms. The lowest BCUT2D eigenvalue weighted by Gasteiger charge is -2.12. The van der Waals surface area contributed by atoms with Crippen LogP contribution in [-0.2, 0) is 4.79 Å². The van der Waals surface area contributed by atoms with Gasteiger partial charge in [-0.05, 0) is 38.0 Å². The second-order valence-electron chi connectivity index (χ2n) is 5.25. The average molecular weight is 339 g/mol. The van der Waals surface area contributed by atoms with Crippen LogP contribution in [0.2, 0.25) is 5.02 Å². The molecule has 0 atom stereocenters. The molecule has 23 heavy (non-hydrogen) atoms. The maximum Gasteiger partial charge on any atom is 0.226 e. The molecule has 0 radical (unpaired) electrons. The van der Waals surface area contributed by atoms with E-state index in [0.29, 0.717) is 18.0 Å². The zero-order chi connectivity index (χ0) is 17.1. The number of hydrogen-bond acceptors (Lipinski definition) is 2. The maximum atomic E-state index is 12.0. The van der Waals surface area contributed by atoms with Crippen molar-refractivity contribution >= 4 is 29.2 Å². The van der Waals surface area contributed by atoms with E-state index in [1.54, 1.807) is 0 Å². The van der Waals surface area contributed by atoms with Gasteiger partial charge in [0.05, 0.1) is 0 Å². The molecule has 128 valence electrons. The molecule has 0 bridgehead atoms. The first-order valence-corrected chi connectivity index (χ1v) is 8.53. The first-order chi connectivity index (χ1) is 11.1. The molecule has 1 aromatic carbocycles. The first-order valence-electron chi connectivity index (χ1n) is 8.15. The molecule has 0 heterocycles. The number of amides is 1. The third-order valence-electron chi connectivity index (χ3n) is 3.31. The van der Waals surface area contributed by atoms with Gasteiger partial charge in [-0.2, -0.15) is 0 Å². The quantitative estimate of drug-likeness (QED) is 0.387. The largest absolute Gasteiger partial charge is 0.357 e. The highest BCUT2D eigenvalue weighted by molar-refractivity contribution is 6.31. The Hall–Kier alpha value is -1.75. The van der Waals surface area contributed by atoms with Crippen molar-refractivity contribution < 1.29 is 4.79 Å². The van der Waals surface area contributed by atoms with Crippen molar-refractivity contribution in [3.8, 4) is 0 Å². The van der Waals surface area contributed by atoms with Gasteiger partial charge in [0.2, 0.25) is 5.91 Å². The van der Waals surface area contributed by atoms with Crippen LogP contribution in [0.4, 0.5) is 5.69 Å². The monoisotopic (exact) mass is 338 g/mol. The van der Waals surface area contributed by atoms with Crippen molar-refractivity contribution in [3.05, 3.63) is 28.8 Å². The summed E-state index contributed by atoms with van der Waals surface area (Å²) in [7, 11) is 0. The molecule has 5 nitrogen and oxygen atoms in total. The molecule has 1 aromatic rings. The topological polar surface area (TPSA) is 65.5 Å². The van der Waals surface area contributed by atoms with E-state index in [9.17, 15) is 4.79 Å². The van der Waals surface area contributed by atoms with Crippen molar-refractivity contribution in [2.24, 2.45) is 4.99 Å². The van der Waals surface area contributed by atoms with E-state index in [2.05, 4.69) is 27.9 Å². The summed E-state index contributed by atoms with van der Waals surface area (Å²) in [5, 5.41) is 9.88. The number of hydrogen-bond donors (Lipinski definition) is 3. The number of halogens is 1. The van der Waals surface area contributed by atoms with Gasteiger partial charge >= 0.3 is 0 Å². The molecule has 0 aliphatic heterocycles. The minimum absolute atomic E-state index is 0.0488. The predicted octanol–water partition coefficient (Wildman–Crippen LogP) is 3.33. The summed E-state index contributed by atoms with van der Waals surface area (Å²) in [5.74, 6) is 0.708. The molecule has 1 rings (SSSR count). The van der Waals surface area contributed by atoms with Gasteiger partial charge in [-0.25, -0.2) is 0 Å². The highest BCUT2D eigenvalue weighted by Crippen LogP contribution is 2.22. The molecule has 0 saturated carbocycles. The van der Waals surface area contributed by atoms with Gasteiger partial charge in [0.15, 0.2) is 5.96 Å². The van der Waals surface area contributed by atoms with E-state index in [4.69, 9.17) is 11.6 Å². The van der Waals surface area contributed by atoms with E-state index in [1.807, 2.05) is 32.0 Å². The Bertz CT molecular complexity index is 531. The van der Waals surface area contributed by atoms with Crippen LogP contribution in [0.5, 0.6) is 0 Å². The van der Waals surface area contributed by atoms with Gasteiger partial charge in [-0.3, -0.25) is 9.79 Å². The molecule has 0 saturated heterocycles. The summed E-state index contributed by atoms with van der Waals surface area (Å²) in [6.45, 7) is 8.17. The standard InChI is InChI=1S/C17H27ClN4O/c1-4-6-11-20-17(19-5-2)21-12-10-16(23)22-15-9-7-8-14(18)13(15)3/h7-9H,4-6,10-12H2,1-3H3,(H,22,23)(H2,19,20,21). The van der Waals surface area contributed by atoms with E-state index in [1.165, 1.54) is 0 Å².